The zero-order chi connectivity index (χ0) is 24.7. The summed E-state index contributed by atoms with van der Waals surface area (Å²) >= 11 is 0. The molecule has 1 aliphatic rings. The van der Waals surface area contributed by atoms with Crippen LogP contribution in [0.5, 0.6) is 11.5 Å². The van der Waals surface area contributed by atoms with E-state index in [-0.39, 0.29) is 25.0 Å². The molecule has 0 spiro atoms. The van der Waals surface area contributed by atoms with Crippen LogP contribution in [0.1, 0.15) is 27.0 Å². The average Bonchev–Trinajstić information content (AvgIpc) is 3.40. The maximum atomic E-state index is 13.7. The van der Waals surface area contributed by atoms with E-state index in [1.807, 2.05) is 84.9 Å². The van der Waals surface area contributed by atoms with Crippen molar-refractivity contribution in [3.05, 3.63) is 125 Å². The van der Waals surface area contributed by atoms with Gasteiger partial charge in [0.05, 0.1) is 13.0 Å². The second-order valence-corrected chi connectivity index (χ2v) is 8.55. The van der Waals surface area contributed by atoms with E-state index in [0.717, 1.165) is 22.4 Å². The standard InChI is InChI=1S/C30H26N2O4/c33-29(31-19-22-8-3-1-4-9-22)17-24-12-7-13-26(16-24)32(20-23-10-5-2-6-11-23)30(34)25-14-15-27-28(18-25)36-21-35-27/h1-16,18H,17,19-21H2,(H,31,33). The molecule has 0 saturated carbocycles. The van der Waals surface area contributed by atoms with Gasteiger partial charge in [0.15, 0.2) is 11.5 Å². The van der Waals surface area contributed by atoms with E-state index in [1.165, 1.54) is 0 Å². The topological polar surface area (TPSA) is 67.9 Å². The summed E-state index contributed by atoms with van der Waals surface area (Å²) in [6.45, 7) is 1.01. The van der Waals surface area contributed by atoms with Crippen molar-refractivity contribution in [2.24, 2.45) is 0 Å². The first-order valence-corrected chi connectivity index (χ1v) is 11.8. The molecule has 180 valence electrons. The summed E-state index contributed by atoms with van der Waals surface area (Å²) in [5, 5.41) is 2.96. The Labute approximate surface area is 210 Å². The number of fused-ring (bicyclic) bond motifs is 1. The SMILES string of the molecule is O=C(Cc1cccc(N(Cc2ccccc2)C(=O)c2ccc3c(c2)OCO3)c1)NCc1ccccc1. The molecule has 0 aromatic heterocycles. The number of benzene rings is 4. The highest BCUT2D eigenvalue weighted by molar-refractivity contribution is 6.06. The molecule has 2 amide bonds. The molecule has 0 aliphatic carbocycles. The van der Waals surface area contributed by atoms with Gasteiger partial charge in [-0.2, -0.15) is 0 Å². The summed E-state index contributed by atoms with van der Waals surface area (Å²) < 4.78 is 10.9. The zero-order valence-electron chi connectivity index (χ0n) is 19.7. The molecular formula is C30H26N2O4. The molecule has 0 unspecified atom stereocenters. The van der Waals surface area contributed by atoms with Gasteiger partial charge in [-0.1, -0.05) is 72.8 Å². The van der Waals surface area contributed by atoms with Crippen molar-refractivity contribution in [3.8, 4) is 11.5 Å². The lowest BCUT2D eigenvalue weighted by Gasteiger charge is -2.24. The van der Waals surface area contributed by atoms with Crippen molar-refractivity contribution in [2.45, 2.75) is 19.5 Å². The number of nitrogens with one attached hydrogen (secondary N) is 1. The Morgan fingerprint density at radius 3 is 2.19 bits per heavy atom. The van der Waals surface area contributed by atoms with Crippen LogP contribution in [-0.2, 0) is 24.3 Å². The first kappa shape index (κ1) is 23.2. The van der Waals surface area contributed by atoms with Gasteiger partial charge < -0.3 is 19.7 Å². The molecule has 0 saturated heterocycles. The molecule has 36 heavy (non-hydrogen) atoms. The Hall–Kier alpha value is -4.58. The fourth-order valence-electron chi connectivity index (χ4n) is 4.11. The smallest absolute Gasteiger partial charge is 0.258 e. The molecule has 6 nitrogen and oxygen atoms in total. The molecule has 4 aromatic rings. The third-order valence-electron chi connectivity index (χ3n) is 5.97. The third-order valence-corrected chi connectivity index (χ3v) is 5.97. The van der Waals surface area contributed by atoms with Crippen molar-refractivity contribution in [1.82, 2.24) is 5.32 Å². The van der Waals surface area contributed by atoms with Crippen LogP contribution in [0.3, 0.4) is 0 Å². The second kappa shape index (κ2) is 10.8. The largest absolute Gasteiger partial charge is 0.454 e. The van der Waals surface area contributed by atoms with Gasteiger partial charge in [0.1, 0.15) is 0 Å². The minimum Gasteiger partial charge on any atom is -0.454 e. The molecule has 0 radical (unpaired) electrons. The number of rotatable bonds is 8. The molecule has 5 rings (SSSR count). The predicted octanol–water partition coefficient (Wildman–Crippen LogP) is 5.12. The summed E-state index contributed by atoms with van der Waals surface area (Å²) in [6.07, 6.45) is 0.220. The average molecular weight is 479 g/mol. The lowest BCUT2D eigenvalue weighted by molar-refractivity contribution is -0.120. The van der Waals surface area contributed by atoms with E-state index in [0.29, 0.717) is 30.2 Å². The molecular weight excluding hydrogens is 452 g/mol. The van der Waals surface area contributed by atoms with Gasteiger partial charge in [0, 0.05) is 17.8 Å². The van der Waals surface area contributed by atoms with Gasteiger partial charge >= 0.3 is 0 Å². The monoisotopic (exact) mass is 478 g/mol. The Balaban J connectivity index is 1.36. The molecule has 1 aliphatic heterocycles. The lowest BCUT2D eigenvalue weighted by Crippen LogP contribution is -2.30. The summed E-state index contributed by atoms with van der Waals surface area (Å²) in [5.74, 6) is 0.949. The van der Waals surface area contributed by atoms with Gasteiger partial charge in [-0.3, -0.25) is 9.59 Å². The van der Waals surface area contributed by atoms with Crippen LogP contribution in [0.4, 0.5) is 5.69 Å². The highest BCUT2D eigenvalue weighted by Crippen LogP contribution is 2.33. The van der Waals surface area contributed by atoms with E-state index in [1.54, 1.807) is 23.1 Å². The number of hydrogen-bond donors (Lipinski definition) is 1. The highest BCUT2D eigenvalue weighted by Gasteiger charge is 2.22. The zero-order valence-corrected chi connectivity index (χ0v) is 19.7. The van der Waals surface area contributed by atoms with E-state index < -0.39 is 0 Å². The van der Waals surface area contributed by atoms with Crippen LogP contribution >= 0.6 is 0 Å². The minimum atomic E-state index is -0.164. The van der Waals surface area contributed by atoms with E-state index >= 15 is 0 Å². The van der Waals surface area contributed by atoms with E-state index in [9.17, 15) is 9.59 Å². The molecule has 0 fully saturated rings. The number of hydrogen-bond acceptors (Lipinski definition) is 4. The van der Waals surface area contributed by atoms with E-state index in [4.69, 9.17) is 9.47 Å². The molecule has 6 heteroatoms. The summed E-state index contributed by atoms with van der Waals surface area (Å²) in [5.41, 5.74) is 4.09. The summed E-state index contributed by atoms with van der Waals surface area (Å²) in [7, 11) is 0. The molecule has 0 bridgehead atoms. The van der Waals surface area contributed by atoms with Crippen LogP contribution in [0, 0.1) is 0 Å². The van der Waals surface area contributed by atoms with Gasteiger partial charge in [0.25, 0.3) is 5.91 Å². The normalized spacial score (nSPS) is 11.7. The van der Waals surface area contributed by atoms with Crippen molar-refractivity contribution in [3.63, 3.8) is 0 Å². The van der Waals surface area contributed by atoms with Crippen molar-refractivity contribution in [1.29, 1.82) is 0 Å². The van der Waals surface area contributed by atoms with Crippen LogP contribution in [0.15, 0.2) is 103 Å². The van der Waals surface area contributed by atoms with Gasteiger partial charge in [-0.05, 0) is 47.0 Å². The van der Waals surface area contributed by atoms with Gasteiger partial charge in [0.2, 0.25) is 12.7 Å². The maximum Gasteiger partial charge on any atom is 0.258 e. The number of anilines is 1. The number of nitrogens with zero attached hydrogens (tertiary/aromatic N) is 1. The fraction of sp³-hybridized carbons (Fsp3) is 0.133. The van der Waals surface area contributed by atoms with Crippen molar-refractivity contribution in [2.75, 3.05) is 11.7 Å². The van der Waals surface area contributed by atoms with Crippen molar-refractivity contribution < 1.29 is 19.1 Å². The number of ether oxygens (including phenoxy) is 2. The number of amides is 2. The van der Waals surface area contributed by atoms with Crippen LogP contribution < -0.4 is 19.7 Å². The highest BCUT2D eigenvalue weighted by atomic mass is 16.7. The predicted molar refractivity (Wildman–Crippen MR) is 138 cm³/mol. The first-order chi connectivity index (χ1) is 17.7. The Morgan fingerprint density at radius 2 is 1.42 bits per heavy atom. The number of carbonyl (C=O) groups excluding carboxylic acids is 2. The minimum absolute atomic E-state index is 0.0762. The Morgan fingerprint density at radius 1 is 0.722 bits per heavy atom. The van der Waals surface area contributed by atoms with Crippen LogP contribution in [0.2, 0.25) is 0 Å². The van der Waals surface area contributed by atoms with Crippen molar-refractivity contribution >= 4 is 17.5 Å². The number of carbonyl (C=O) groups is 2. The lowest BCUT2D eigenvalue weighted by atomic mass is 10.1. The quantitative estimate of drug-likeness (QED) is 0.382. The molecule has 1 heterocycles. The van der Waals surface area contributed by atoms with Gasteiger partial charge in [-0.25, -0.2) is 0 Å². The summed E-state index contributed by atoms with van der Waals surface area (Å²) in [6, 6.07) is 32.4. The Bertz CT molecular complexity index is 1360. The Kier molecular flexibility index (Phi) is 6.94. The molecule has 0 atom stereocenters. The maximum absolute atomic E-state index is 13.7. The first-order valence-electron chi connectivity index (χ1n) is 11.8. The second-order valence-electron chi connectivity index (χ2n) is 8.55. The van der Waals surface area contributed by atoms with E-state index in [2.05, 4.69) is 5.32 Å². The van der Waals surface area contributed by atoms with Crippen LogP contribution in [0.25, 0.3) is 0 Å². The molecule has 1 N–H and O–H groups in total. The summed E-state index contributed by atoms with van der Waals surface area (Å²) in [4.78, 5) is 28.0. The van der Waals surface area contributed by atoms with Gasteiger partial charge in [-0.15, -0.1) is 0 Å². The fourth-order valence-corrected chi connectivity index (χ4v) is 4.11. The third kappa shape index (κ3) is 5.55. The molecule has 4 aromatic carbocycles. The van der Waals surface area contributed by atoms with Crippen LogP contribution in [-0.4, -0.2) is 18.6 Å².